The van der Waals surface area contributed by atoms with Crippen LogP contribution in [0.3, 0.4) is 0 Å². The van der Waals surface area contributed by atoms with Crippen LogP contribution in [0, 0.1) is 10.1 Å². The number of aromatic nitrogens is 3. The lowest BCUT2D eigenvalue weighted by atomic mass is 10.1. The predicted octanol–water partition coefficient (Wildman–Crippen LogP) is 1.14. The second kappa shape index (κ2) is 4.88. The molecule has 0 aliphatic carbocycles. The van der Waals surface area contributed by atoms with Crippen LogP contribution < -0.4 is 5.73 Å². The molecule has 0 amide bonds. The van der Waals surface area contributed by atoms with Crippen molar-refractivity contribution in [3.05, 3.63) is 40.6 Å². The van der Waals surface area contributed by atoms with Gasteiger partial charge in [-0.05, 0) is 12.1 Å². The second-order valence-corrected chi connectivity index (χ2v) is 4.07. The van der Waals surface area contributed by atoms with E-state index in [2.05, 4.69) is 10.3 Å². The van der Waals surface area contributed by atoms with Crippen molar-refractivity contribution in [2.24, 2.45) is 5.73 Å². The Kier molecular flexibility index (Phi) is 3.28. The summed E-state index contributed by atoms with van der Waals surface area (Å²) in [6.45, 7) is 0.279. The Balaban J connectivity index is 2.34. The molecule has 1 aromatic carbocycles. The zero-order chi connectivity index (χ0) is 13.1. The highest BCUT2D eigenvalue weighted by Gasteiger charge is 2.10. The Bertz CT molecular complexity index is 593. The molecule has 0 bridgehead atoms. The summed E-state index contributed by atoms with van der Waals surface area (Å²) in [5, 5.41) is 18.2. The molecule has 8 heteroatoms. The van der Waals surface area contributed by atoms with Gasteiger partial charge in [0.25, 0.3) is 5.69 Å². The normalized spacial score (nSPS) is 10.2. The van der Waals surface area contributed by atoms with Crippen LogP contribution in [0.15, 0.2) is 30.5 Å². The molecule has 0 saturated carbocycles. The number of hydrogen-bond acceptors (Lipinski definition) is 5. The topological polar surface area (TPSA) is 99.9 Å². The first kappa shape index (κ1) is 12.1. The van der Waals surface area contributed by atoms with Crippen LogP contribution in [0.4, 0.5) is 5.69 Å². The van der Waals surface area contributed by atoms with E-state index in [1.54, 1.807) is 23.0 Å². The zero-order valence-electron chi connectivity index (χ0n) is 9.18. The molecule has 0 fully saturated rings. The van der Waals surface area contributed by atoms with Gasteiger partial charge in [0.1, 0.15) is 0 Å². The minimum Gasteiger partial charge on any atom is -0.392 e. The van der Waals surface area contributed by atoms with Gasteiger partial charge in [-0.15, -0.1) is 5.10 Å². The van der Waals surface area contributed by atoms with Crippen LogP contribution >= 0.6 is 12.2 Å². The van der Waals surface area contributed by atoms with Crippen LogP contribution in [0.1, 0.15) is 0 Å². The number of rotatable bonds is 4. The quantitative estimate of drug-likeness (QED) is 0.504. The van der Waals surface area contributed by atoms with E-state index in [1.165, 1.54) is 12.1 Å². The molecular weight excluding hydrogens is 254 g/mol. The predicted molar refractivity (Wildman–Crippen MR) is 68.9 cm³/mol. The van der Waals surface area contributed by atoms with E-state index >= 15 is 0 Å². The van der Waals surface area contributed by atoms with Crippen molar-refractivity contribution in [1.82, 2.24) is 15.0 Å². The third-order valence-corrected chi connectivity index (χ3v) is 2.43. The fourth-order valence-electron chi connectivity index (χ4n) is 1.50. The number of nitrogens with zero attached hydrogens (tertiary/aromatic N) is 4. The van der Waals surface area contributed by atoms with E-state index < -0.39 is 4.92 Å². The van der Waals surface area contributed by atoms with E-state index in [-0.39, 0.29) is 12.2 Å². The van der Waals surface area contributed by atoms with Gasteiger partial charge < -0.3 is 5.73 Å². The van der Waals surface area contributed by atoms with Crippen molar-refractivity contribution in [2.75, 3.05) is 0 Å². The SMILES string of the molecule is NC(=S)Cn1nncc1-c1ccc([N+](=O)[O-])cc1. The summed E-state index contributed by atoms with van der Waals surface area (Å²) in [6, 6.07) is 6.11. The fourth-order valence-corrected chi connectivity index (χ4v) is 1.62. The van der Waals surface area contributed by atoms with E-state index in [0.29, 0.717) is 10.7 Å². The smallest absolute Gasteiger partial charge is 0.269 e. The van der Waals surface area contributed by atoms with Crippen LogP contribution in [0.25, 0.3) is 11.3 Å². The second-order valence-electron chi connectivity index (χ2n) is 3.55. The van der Waals surface area contributed by atoms with Crippen molar-refractivity contribution in [2.45, 2.75) is 6.54 Å². The first-order chi connectivity index (χ1) is 8.58. The van der Waals surface area contributed by atoms with Gasteiger partial charge >= 0.3 is 0 Å². The van der Waals surface area contributed by atoms with Gasteiger partial charge in [-0.3, -0.25) is 10.1 Å². The number of nitro benzene ring substituents is 1. The highest BCUT2D eigenvalue weighted by molar-refractivity contribution is 7.80. The molecule has 0 aliphatic heterocycles. The van der Waals surface area contributed by atoms with Crippen molar-refractivity contribution in [3.8, 4) is 11.3 Å². The molecule has 1 aromatic heterocycles. The third kappa shape index (κ3) is 2.48. The standard InChI is InChI=1S/C10H9N5O2S/c11-10(18)6-14-9(5-12-13-14)7-1-3-8(4-2-7)15(16)17/h1-5H,6H2,(H2,11,18). The first-order valence-electron chi connectivity index (χ1n) is 4.99. The van der Waals surface area contributed by atoms with Crippen molar-refractivity contribution in [1.29, 1.82) is 0 Å². The maximum atomic E-state index is 10.6. The molecule has 0 saturated heterocycles. The number of nitrogens with two attached hydrogens (primary N) is 1. The number of nitro groups is 1. The maximum Gasteiger partial charge on any atom is 0.269 e. The van der Waals surface area contributed by atoms with Gasteiger partial charge in [-0.1, -0.05) is 17.4 Å². The van der Waals surface area contributed by atoms with Gasteiger partial charge in [0, 0.05) is 17.7 Å². The van der Waals surface area contributed by atoms with Gasteiger partial charge in [0.05, 0.1) is 28.3 Å². The Hall–Kier alpha value is -2.35. The Labute approximate surface area is 107 Å². The highest BCUT2D eigenvalue weighted by atomic mass is 32.1. The summed E-state index contributed by atoms with van der Waals surface area (Å²) in [7, 11) is 0. The molecule has 2 rings (SSSR count). The van der Waals surface area contributed by atoms with E-state index in [0.717, 1.165) is 5.56 Å². The third-order valence-electron chi connectivity index (χ3n) is 2.30. The van der Waals surface area contributed by atoms with Crippen molar-refractivity contribution < 1.29 is 4.92 Å². The van der Waals surface area contributed by atoms with Gasteiger partial charge in [-0.2, -0.15) is 0 Å². The summed E-state index contributed by atoms with van der Waals surface area (Å²) in [4.78, 5) is 10.4. The number of hydrogen-bond donors (Lipinski definition) is 1. The van der Waals surface area contributed by atoms with Crippen molar-refractivity contribution >= 4 is 22.9 Å². The first-order valence-corrected chi connectivity index (χ1v) is 5.40. The molecule has 2 aromatic rings. The average molecular weight is 263 g/mol. The Morgan fingerprint density at radius 1 is 1.44 bits per heavy atom. The molecule has 0 aliphatic rings. The monoisotopic (exact) mass is 263 g/mol. The molecule has 1 heterocycles. The molecule has 0 radical (unpaired) electrons. The van der Waals surface area contributed by atoms with E-state index in [9.17, 15) is 10.1 Å². The molecule has 0 spiro atoms. The van der Waals surface area contributed by atoms with Crippen LogP contribution in [0.2, 0.25) is 0 Å². The van der Waals surface area contributed by atoms with Gasteiger partial charge in [0.15, 0.2) is 0 Å². The maximum absolute atomic E-state index is 10.6. The van der Waals surface area contributed by atoms with Gasteiger partial charge in [-0.25, -0.2) is 4.68 Å². The summed E-state index contributed by atoms with van der Waals surface area (Å²) in [6.07, 6.45) is 1.56. The number of thiocarbonyl (C=S) groups is 1. The lowest BCUT2D eigenvalue weighted by Gasteiger charge is -2.04. The Morgan fingerprint density at radius 3 is 2.67 bits per heavy atom. The molecule has 0 unspecified atom stereocenters. The fraction of sp³-hybridized carbons (Fsp3) is 0.100. The minimum absolute atomic E-state index is 0.0344. The zero-order valence-corrected chi connectivity index (χ0v) is 10.0. The molecule has 92 valence electrons. The lowest BCUT2D eigenvalue weighted by molar-refractivity contribution is -0.384. The molecular formula is C10H9N5O2S. The summed E-state index contributed by atoms with van der Waals surface area (Å²) >= 11 is 4.81. The summed E-state index contributed by atoms with van der Waals surface area (Å²) in [5.41, 5.74) is 6.95. The lowest BCUT2D eigenvalue weighted by Crippen LogP contribution is -2.18. The van der Waals surface area contributed by atoms with Crippen LogP contribution in [-0.2, 0) is 6.54 Å². The average Bonchev–Trinajstić information content (AvgIpc) is 2.76. The summed E-state index contributed by atoms with van der Waals surface area (Å²) < 4.78 is 1.55. The van der Waals surface area contributed by atoms with Crippen LogP contribution in [0.5, 0.6) is 0 Å². The molecule has 7 nitrogen and oxygen atoms in total. The van der Waals surface area contributed by atoms with Crippen LogP contribution in [-0.4, -0.2) is 24.9 Å². The number of benzene rings is 1. The highest BCUT2D eigenvalue weighted by Crippen LogP contribution is 2.21. The molecule has 0 atom stereocenters. The van der Waals surface area contributed by atoms with Crippen molar-refractivity contribution in [3.63, 3.8) is 0 Å². The number of non-ortho nitro benzene ring substituents is 1. The van der Waals surface area contributed by atoms with E-state index in [1.807, 2.05) is 0 Å². The van der Waals surface area contributed by atoms with E-state index in [4.69, 9.17) is 18.0 Å². The molecule has 2 N–H and O–H groups in total. The Morgan fingerprint density at radius 2 is 2.11 bits per heavy atom. The largest absolute Gasteiger partial charge is 0.392 e. The van der Waals surface area contributed by atoms with Gasteiger partial charge in [0.2, 0.25) is 0 Å². The summed E-state index contributed by atoms with van der Waals surface area (Å²) in [5.74, 6) is 0. The molecule has 18 heavy (non-hydrogen) atoms. The minimum atomic E-state index is -0.450.